The minimum atomic E-state index is -0.337. The Morgan fingerprint density at radius 1 is 1.24 bits per heavy atom. The summed E-state index contributed by atoms with van der Waals surface area (Å²) in [5, 5.41) is 2.91. The number of nitrogens with two attached hydrogens (primary N) is 1. The summed E-state index contributed by atoms with van der Waals surface area (Å²) < 4.78 is 0. The normalized spacial score (nSPS) is 12.8. The maximum atomic E-state index is 11.6. The highest BCUT2D eigenvalue weighted by Gasteiger charge is 2.12. The Hall–Kier alpha value is -0.610. The molecule has 0 aliphatic heterocycles. The fourth-order valence-electron chi connectivity index (χ4n) is 1.77. The quantitative estimate of drug-likeness (QED) is 0.609. The van der Waals surface area contributed by atoms with Gasteiger partial charge in [-0.05, 0) is 25.9 Å². The molecule has 1 amide bonds. The van der Waals surface area contributed by atoms with Crippen LogP contribution in [0.25, 0.3) is 0 Å². The Kier molecular flexibility index (Phi) is 10.2. The monoisotopic (exact) mass is 243 g/mol. The summed E-state index contributed by atoms with van der Waals surface area (Å²) in [7, 11) is 0. The number of rotatable bonds is 10. The van der Waals surface area contributed by atoms with Crippen molar-refractivity contribution < 1.29 is 4.79 Å². The average Bonchev–Trinajstić information content (AvgIpc) is 2.34. The van der Waals surface area contributed by atoms with E-state index in [0.717, 1.165) is 45.3 Å². The smallest absolute Gasteiger partial charge is 0.236 e. The Morgan fingerprint density at radius 2 is 1.94 bits per heavy atom. The molecule has 0 aromatic heterocycles. The van der Waals surface area contributed by atoms with Crippen LogP contribution in [0.4, 0.5) is 0 Å². The van der Waals surface area contributed by atoms with Gasteiger partial charge in [0.15, 0.2) is 0 Å². The van der Waals surface area contributed by atoms with Crippen LogP contribution in [0.5, 0.6) is 0 Å². The molecule has 17 heavy (non-hydrogen) atoms. The van der Waals surface area contributed by atoms with E-state index in [2.05, 4.69) is 31.0 Å². The van der Waals surface area contributed by atoms with Crippen LogP contribution in [0.1, 0.15) is 46.5 Å². The van der Waals surface area contributed by atoms with Crippen LogP contribution >= 0.6 is 0 Å². The number of carbonyl (C=O) groups is 1. The van der Waals surface area contributed by atoms with Gasteiger partial charge in [0, 0.05) is 13.1 Å². The molecule has 0 aliphatic carbocycles. The first kappa shape index (κ1) is 16.4. The molecule has 102 valence electrons. The third-order valence-electron chi connectivity index (χ3n) is 2.92. The summed E-state index contributed by atoms with van der Waals surface area (Å²) in [5.74, 6) is -0.00833. The molecule has 0 aromatic rings. The third-order valence-corrected chi connectivity index (χ3v) is 2.92. The lowest BCUT2D eigenvalue weighted by molar-refractivity contribution is -0.122. The van der Waals surface area contributed by atoms with E-state index in [9.17, 15) is 4.79 Å². The summed E-state index contributed by atoms with van der Waals surface area (Å²) in [6, 6.07) is -0.337. The van der Waals surface area contributed by atoms with Gasteiger partial charge in [0.2, 0.25) is 5.91 Å². The molecule has 0 fully saturated rings. The van der Waals surface area contributed by atoms with Crippen LogP contribution in [0.3, 0.4) is 0 Å². The van der Waals surface area contributed by atoms with Gasteiger partial charge in [-0.3, -0.25) is 4.79 Å². The maximum absolute atomic E-state index is 11.6. The highest BCUT2D eigenvalue weighted by molar-refractivity contribution is 5.81. The molecule has 1 unspecified atom stereocenters. The number of hydrogen-bond acceptors (Lipinski definition) is 3. The van der Waals surface area contributed by atoms with Crippen molar-refractivity contribution in [3.8, 4) is 0 Å². The van der Waals surface area contributed by atoms with Crippen LogP contribution in [0.15, 0.2) is 0 Å². The van der Waals surface area contributed by atoms with Crippen molar-refractivity contribution in [1.29, 1.82) is 0 Å². The number of hydrogen-bond donors (Lipinski definition) is 2. The molecule has 0 saturated heterocycles. The predicted octanol–water partition coefficient (Wildman–Crippen LogP) is 1.35. The maximum Gasteiger partial charge on any atom is 0.236 e. The first-order valence-corrected chi connectivity index (χ1v) is 6.91. The van der Waals surface area contributed by atoms with Crippen molar-refractivity contribution in [2.75, 3.05) is 26.2 Å². The summed E-state index contributed by atoms with van der Waals surface area (Å²) in [6.45, 7) is 10.2. The van der Waals surface area contributed by atoms with Gasteiger partial charge < -0.3 is 16.0 Å². The van der Waals surface area contributed by atoms with Crippen molar-refractivity contribution in [1.82, 2.24) is 10.2 Å². The van der Waals surface area contributed by atoms with Crippen molar-refractivity contribution in [2.24, 2.45) is 5.73 Å². The summed E-state index contributed by atoms with van der Waals surface area (Å²) in [5.41, 5.74) is 5.79. The average molecular weight is 243 g/mol. The summed E-state index contributed by atoms with van der Waals surface area (Å²) >= 11 is 0. The van der Waals surface area contributed by atoms with Crippen molar-refractivity contribution in [3.05, 3.63) is 0 Å². The van der Waals surface area contributed by atoms with Gasteiger partial charge in [0.05, 0.1) is 6.04 Å². The highest BCUT2D eigenvalue weighted by atomic mass is 16.2. The van der Waals surface area contributed by atoms with Gasteiger partial charge in [-0.1, -0.05) is 33.6 Å². The topological polar surface area (TPSA) is 58.4 Å². The number of carbonyl (C=O) groups excluding carboxylic acids is 1. The van der Waals surface area contributed by atoms with Gasteiger partial charge in [-0.15, -0.1) is 0 Å². The van der Waals surface area contributed by atoms with Gasteiger partial charge in [0.1, 0.15) is 0 Å². The van der Waals surface area contributed by atoms with E-state index >= 15 is 0 Å². The first-order chi connectivity index (χ1) is 8.15. The summed E-state index contributed by atoms with van der Waals surface area (Å²) in [6.07, 6.45) is 4.04. The zero-order valence-electron chi connectivity index (χ0n) is 11.7. The minimum absolute atomic E-state index is 0.00833. The van der Waals surface area contributed by atoms with E-state index in [1.807, 2.05) is 0 Å². The lowest BCUT2D eigenvalue weighted by Gasteiger charge is -2.20. The van der Waals surface area contributed by atoms with Crippen molar-refractivity contribution in [3.63, 3.8) is 0 Å². The third kappa shape index (κ3) is 8.16. The van der Waals surface area contributed by atoms with Crippen LogP contribution in [0, 0.1) is 0 Å². The fraction of sp³-hybridized carbons (Fsp3) is 0.923. The lowest BCUT2D eigenvalue weighted by Crippen LogP contribution is -2.43. The molecule has 0 heterocycles. The molecule has 0 bridgehead atoms. The molecule has 0 saturated carbocycles. The molecule has 3 N–H and O–H groups in total. The Labute approximate surface area is 106 Å². The number of amides is 1. The van der Waals surface area contributed by atoms with E-state index in [-0.39, 0.29) is 11.9 Å². The van der Waals surface area contributed by atoms with Crippen LogP contribution in [-0.2, 0) is 4.79 Å². The largest absolute Gasteiger partial charge is 0.353 e. The van der Waals surface area contributed by atoms with Gasteiger partial charge >= 0.3 is 0 Å². The first-order valence-electron chi connectivity index (χ1n) is 6.91. The van der Waals surface area contributed by atoms with Crippen LogP contribution < -0.4 is 11.1 Å². The zero-order chi connectivity index (χ0) is 13.1. The van der Waals surface area contributed by atoms with Gasteiger partial charge in [-0.25, -0.2) is 0 Å². The summed E-state index contributed by atoms with van der Waals surface area (Å²) in [4.78, 5) is 14.0. The molecule has 4 nitrogen and oxygen atoms in total. The van der Waals surface area contributed by atoms with Gasteiger partial charge in [0.25, 0.3) is 0 Å². The van der Waals surface area contributed by atoms with E-state index in [0.29, 0.717) is 6.54 Å². The second kappa shape index (κ2) is 10.5. The van der Waals surface area contributed by atoms with E-state index < -0.39 is 0 Å². The molecule has 0 rings (SSSR count). The standard InChI is InChI=1S/C13H29N3O/c1-4-7-8-12(14)13(17)15-9-11-16(6-3)10-5-2/h12H,4-11,14H2,1-3H3,(H,15,17). The predicted molar refractivity (Wildman–Crippen MR) is 72.9 cm³/mol. The number of nitrogens with zero attached hydrogens (tertiary/aromatic N) is 1. The molecule has 4 heteroatoms. The van der Waals surface area contributed by atoms with Crippen molar-refractivity contribution >= 4 is 5.91 Å². The second-order valence-electron chi connectivity index (χ2n) is 4.47. The van der Waals surface area contributed by atoms with Crippen LogP contribution in [0.2, 0.25) is 0 Å². The van der Waals surface area contributed by atoms with E-state index in [1.165, 1.54) is 0 Å². The molecular formula is C13H29N3O. The molecule has 1 atom stereocenters. The van der Waals surface area contributed by atoms with Gasteiger partial charge in [-0.2, -0.15) is 0 Å². The van der Waals surface area contributed by atoms with Crippen LogP contribution in [-0.4, -0.2) is 43.0 Å². The SMILES string of the molecule is CCCCC(N)C(=O)NCCN(CC)CCC. The Balaban J connectivity index is 3.68. The number of nitrogens with one attached hydrogen (secondary N) is 1. The lowest BCUT2D eigenvalue weighted by atomic mass is 10.1. The molecule has 0 aliphatic rings. The zero-order valence-corrected chi connectivity index (χ0v) is 11.7. The molecule has 0 radical (unpaired) electrons. The van der Waals surface area contributed by atoms with E-state index in [1.54, 1.807) is 0 Å². The van der Waals surface area contributed by atoms with Crippen molar-refractivity contribution in [2.45, 2.75) is 52.5 Å². The molecule has 0 spiro atoms. The number of unbranched alkanes of at least 4 members (excludes halogenated alkanes) is 1. The number of likely N-dealkylation sites (N-methyl/N-ethyl adjacent to an activating group) is 1. The second-order valence-corrected chi connectivity index (χ2v) is 4.47. The highest BCUT2D eigenvalue weighted by Crippen LogP contribution is 1.98. The minimum Gasteiger partial charge on any atom is -0.353 e. The molecule has 0 aromatic carbocycles. The Bertz CT molecular complexity index is 197. The molecular weight excluding hydrogens is 214 g/mol. The Morgan fingerprint density at radius 3 is 2.47 bits per heavy atom. The fourth-order valence-corrected chi connectivity index (χ4v) is 1.77. The van der Waals surface area contributed by atoms with E-state index in [4.69, 9.17) is 5.73 Å².